The highest BCUT2D eigenvalue weighted by Gasteiger charge is 2.18. The lowest BCUT2D eigenvalue weighted by Crippen LogP contribution is -2.02. The van der Waals surface area contributed by atoms with E-state index >= 15 is 0 Å². The number of halogens is 1. The molecule has 0 radical (unpaired) electrons. The summed E-state index contributed by atoms with van der Waals surface area (Å²) in [4.78, 5) is 9.92. The maximum Gasteiger partial charge on any atom is 0.321 e. The average Bonchev–Trinajstić information content (AvgIpc) is 2.30. The van der Waals surface area contributed by atoms with Crippen LogP contribution in [0.1, 0.15) is 19.9 Å². The van der Waals surface area contributed by atoms with Gasteiger partial charge in [-0.25, -0.2) is 4.68 Å². The van der Waals surface area contributed by atoms with Crippen molar-refractivity contribution in [1.82, 2.24) is 9.78 Å². The van der Waals surface area contributed by atoms with Crippen LogP contribution in [0.3, 0.4) is 0 Å². The van der Waals surface area contributed by atoms with Gasteiger partial charge in [0, 0.05) is 6.04 Å². The lowest BCUT2D eigenvalue weighted by atomic mass is 10.4. The van der Waals surface area contributed by atoms with E-state index in [1.54, 1.807) is 4.68 Å². The van der Waals surface area contributed by atoms with E-state index in [0.29, 0.717) is 4.60 Å². The van der Waals surface area contributed by atoms with Crippen LogP contribution in [0, 0.1) is 10.1 Å². The number of rotatable bonds is 2. The molecule has 12 heavy (non-hydrogen) atoms. The van der Waals surface area contributed by atoms with Crippen LogP contribution in [0.5, 0.6) is 0 Å². The standard InChI is InChI=1S/C6H8BrN3O2/c1-4(2)9-6(7)5(3-8-9)10(11)12/h3-4H,1-2H3. The first-order valence-electron chi connectivity index (χ1n) is 3.41. The second-order valence-corrected chi connectivity index (χ2v) is 3.37. The molecule has 0 N–H and O–H groups in total. The first-order valence-corrected chi connectivity index (χ1v) is 4.20. The maximum absolute atomic E-state index is 10.4. The van der Waals surface area contributed by atoms with Crippen molar-refractivity contribution in [2.45, 2.75) is 19.9 Å². The largest absolute Gasteiger partial charge is 0.321 e. The van der Waals surface area contributed by atoms with Crippen molar-refractivity contribution in [1.29, 1.82) is 0 Å². The topological polar surface area (TPSA) is 61.0 Å². The first kappa shape index (κ1) is 9.18. The quantitative estimate of drug-likeness (QED) is 0.581. The maximum atomic E-state index is 10.4. The zero-order valence-electron chi connectivity index (χ0n) is 6.69. The van der Waals surface area contributed by atoms with Crippen LogP contribution in [0.2, 0.25) is 0 Å². The summed E-state index contributed by atoms with van der Waals surface area (Å²) in [7, 11) is 0. The lowest BCUT2D eigenvalue weighted by molar-refractivity contribution is -0.385. The van der Waals surface area contributed by atoms with E-state index in [1.165, 1.54) is 6.20 Å². The third-order valence-corrected chi connectivity index (χ3v) is 2.17. The summed E-state index contributed by atoms with van der Waals surface area (Å²) in [6.45, 7) is 3.81. The molecule has 0 aliphatic carbocycles. The molecular weight excluding hydrogens is 226 g/mol. The zero-order valence-corrected chi connectivity index (χ0v) is 8.28. The van der Waals surface area contributed by atoms with E-state index in [1.807, 2.05) is 13.8 Å². The third kappa shape index (κ3) is 1.47. The summed E-state index contributed by atoms with van der Waals surface area (Å²) < 4.78 is 1.97. The van der Waals surface area contributed by atoms with Gasteiger partial charge in [-0.05, 0) is 29.8 Å². The van der Waals surface area contributed by atoms with Crippen molar-refractivity contribution in [3.05, 3.63) is 20.9 Å². The van der Waals surface area contributed by atoms with Crippen LogP contribution in [0.4, 0.5) is 5.69 Å². The Morgan fingerprint density at radius 1 is 1.75 bits per heavy atom. The summed E-state index contributed by atoms with van der Waals surface area (Å²) in [6.07, 6.45) is 1.24. The Morgan fingerprint density at radius 2 is 2.33 bits per heavy atom. The van der Waals surface area contributed by atoms with Crippen molar-refractivity contribution in [2.75, 3.05) is 0 Å². The summed E-state index contributed by atoms with van der Waals surface area (Å²) in [6, 6.07) is 0.119. The molecule has 0 saturated heterocycles. The van der Waals surface area contributed by atoms with Crippen LogP contribution in [0.25, 0.3) is 0 Å². The SMILES string of the molecule is CC(C)n1ncc([N+](=O)[O-])c1Br. The van der Waals surface area contributed by atoms with Crippen LogP contribution in [-0.4, -0.2) is 14.7 Å². The van der Waals surface area contributed by atoms with Gasteiger partial charge in [0.2, 0.25) is 0 Å². The predicted molar refractivity (Wildman–Crippen MR) is 47.0 cm³/mol. The molecule has 5 nitrogen and oxygen atoms in total. The fourth-order valence-electron chi connectivity index (χ4n) is 0.821. The van der Waals surface area contributed by atoms with Gasteiger partial charge in [-0.15, -0.1) is 0 Å². The van der Waals surface area contributed by atoms with Crippen LogP contribution < -0.4 is 0 Å². The molecule has 0 aliphatic rings. The van der Waals surface area contributed by atoms with Crippen molar-refractivity contribution >= 4 is 21.6 Å². The molecule has 0 saturated carbocycles. The lowest BCUT2D eigenvalue weighted by Gasteiger charge is -2.04. The van der Waals surface area contributed by atoms with Crippen LogP contribution >= 0.6 is 15.9 Å². The fourth-order valence-corrected chi connectivity index (χ4v) is 1.57. The van der Waals surface area contributed by atoms with Gasteiger partial charge in [-0.3, -0.25) is 10.1 Å². The Morgan fingerprint density at radius 3 is 2.58 bits per heavy atom. The Hall–Kier alpha value is -0.910. The molecule has 1 aromatic heterocycles. The van der Waals surface area contributed by atoms with E-state index in [9.17, 15) is 10.1 Å². The van der Waals surface area contributed by atoms with E-state index in [-0.39, 0.29) is 11.7 Å². The highest BCUT2D eigenvalue weighted by molar-refractivity contribution is 9.10. The molecule has 1 heterocycles. The van der Waals surface area contributed by atoms with Crippen LogP contribution in [0.15, 0.2) is 10.8 Å². The molecule has 66 valence electrons. The van der Waals surface area contributed by atoms with Crippen molar-refractivity contribution in [2.24, 2.45) is 0 Å². The smallest absolute Gasteiger partial charge is 0.258 e. The van der Waals surface area contributed by atoms with Gasteiger partial charge < -0.3 is 0 Å². The summed E-state index contributed by atoms with van der Waals surface area (Å²) >= 11 is 3.11. The molecule has 0 amide bonds. The number of hydrogen-bond donors (Lipinski definition) is 0. The Kier molecular flexibility index (Phi) is 2.46. The third-order valence-electron chi connectivity index (χ3n) is 1.40. The normalized spacial score (nSPS) is 10.7. The number of nitro groups is 1. The Bertz CT molecular complexity index is 308. The Labute approximate surface area is 77.7 Å². The number of nitrogens with zero attached hydrogens (tertiary/aromatic N) is 3. The summed E-state index contributed by atoms with van der Waals surface area (Å²) in [5.74, 6) is 0. The molecule has 0 unspecified atom stereocenters. The Balaban J connectivity index is 3.13. The van der Waals surface area contributed by atoms with E-state index in [2.05, 4.69) is 21.0 Å². The predicted octanol–water partition coefficient (Wildman–Crippen LogP) is 2.13. The van der Waals surface area contributed by atoms with Gasteiger partial charge in [0.25, 0.3) is 0 Å². The highest BCUT2D eigenvalue weighted by Crippen LogP contribution is 2.26. The number of hydrogen-bond acceptors (Lipinski definition) is 3. The minimum atomic E-state index is -0.462. The zero-order chi connectivity index (χ0) is 9.30. The molecule has 0 fully saturated rings. The minimum absolute atomic E-state index is 0.00343. The monoisotopic (exact) mass is 233 g/mol. The molecule has 0 bridgehead atoms. The van der Waals surface area contributed by atoms with E-state index < -0.39 is 4.92 Å². The molecule has 6 heteroatoms. The van der Waals surface area contributed by atoms with Gasteiger partial charge in [-0.1, -0.05) is 0 Å². The molecule has 1 rings (SSSR count). The second kappa shape index (κ2) is 3.22. The van der Waals surface area contributed by atoms with Gasteiger partial charge in [0.05, 0.1) is 4.92 Å². The van der Waals surface area contributed by atoms with Gasteiger partial charge >= 0.3 is 5.69 Å². The summed E-state index contributed by atoms with van der Waals surface area (Å²) in [5.41, 5.74) is 0.00343. The molecule has 0 aliphatic heterocycles. The second-order valence-electron chi connectivity index (χ2n) is 2.62. The first-order chi connectivity index (χ1) is 5.54. The fraction of sp³-hybridized carbons (Fsp3) is 0.500. The van der Waals surface area contributed by atoms with Crippen molar-refractivity contribution in [3.63, 3.8) is 0 Å². The van der Waals surface area contributed by atoms with E-state index in [4.69, 9.17) is 0 Å². The number of aromatic nitrogens is 2. The minimum Gasteiger partial charge on any atom is -0.258 e. The van der Waals surface area contributed by atoms with Crippen LogP contribution in [-0.2, 0) is 0 Å². The molecule has 0 aromatic carbocycles. The van der Waals surface area contributed by atoms with Gasteiger partial charge in [0.15, 0.2) is 4.60 Å². The molecule has 1 aromatic rings. The van der Waals surface area contributed by atoms with Crippen molar-refractivity contribution < 1.29 is 4.92 Å². The molecular formula is C6H8BrN3O2. The highest BCUT2D eigenvalue weighted by atomic mass is 79.9. The van der Waals surface area contributed by atoms with Gasteiger partial charge in [0.1, 0.15) is 6.20 Å². The van der Waals surface area contributed by atoms with Gasteiger partial charge in [-0.2, -0.15) is 5.10 Å². The van der Waals surface area contributed by atoms with Crippen molar-refractivity contribution in [3.8, 4) is 0 Å². The molecule has 0 spiro atoms. The molecule has 0 atom stereocenters. The average molecular weight is 234 g/mol. The van der Waals surface area contributed by atoms with E-state index in [0.717, 1.165) is 0 Å². The summed E-state index contributed by atoms with van der Waals surface area (Å²) in [5, 5.41) is 14.2.